The molecule has 2 heterocycles. The number of carbonyl (C=O) groups excluding carboxylic acids is 1. The van der Waals surface area contributed by atoms with Gasteiger partial charge in [0.15, 0.2) is 0 Å². The maximum atomic E-state index is 11.8. The Morgan fingerprint density at radius 3 is 2.29 bits per heavy atom. The van der Waals surface area contributed by atoms with Crippen LogP contribution >= 0.6 is 11.6 Å². The highest BCUT2D eigenvalue weighted by molar-refractivity contribution is 6.30. The van der Waals surface area contributed by atoms with Crippen LogP contribution in [0.3, 0.4) is 0 Å². The van der Waals surface area contributed by atoms with E-state index in [0.717, 1.165) is 24.2 Å². The summed E-state index contributed by atoms with van der Waals surface area (Å²) < 4.78 is 0. The van der Waals surface area contributed by atoms with Gasteiger partial charge in [0.05, 0.1) is 0 Å². The molecule has 0 aliphatic carbocycles. The van der Waals surface area contributed by atoms with E-state index in [2.05, 4.69) is 20.2 Å². The van der Waals surface area contributed by atoms with Crippen molar-refractivity contribution in [3.63, 3.8) is 0 Å². The zero-order valence-electron chi connectivity index (χ0n) is 13.6. The average Bonchev–Trinajstić information content (AvgIpc) is 2.63. The van der Waals surface area contributed by atoms with Crippen molar-refractivity contribution in [2.45, 2.75) is 6.92 Å². The van der Waals surface area contributed by atoms with Crippen molar-refractivity contribution in [2.75, 3.05) is 37.6 Å². The minimum atomic E-state index is -0.00356. The van der Waals surface area contributed by atoms with Crippen molar-refractivity contribution in [1.29, 1.82) is 0 Å². The van der Waals surface area contributed by atoms with Gasteiger partial charge >= 0.3 is 6.03 Å². The zero-order valence-corrected chi connectivity index (χ0v) is 14.3. The monoisotopic (exact) mass is 345 g/mol. The lowest BCUT2D eigenvalue weighted by atomic mass is 10.1. The van der Waals surface area contributed by atoms with E-state index in [-0.39, 0.29) is 6.03 Å². The van der Waals surface area contributed by atoms with E-state index in [4.69, 9.17) is 11.6 Å². The van der Waals surface area contributed by atoms with Gasteiger partial charge in [-0.15, -0.1) is 0 Å². The van der Waals surface area contributed by atoms with Crippen molar-refractivity contribution < 1.29 is 4.79 Å². The Balaban J connectivity index is 1.62. The number of aromatic nitrogens is 2. The van der Waals surface area contributed by atoms with E-state index < -0.39 is 0 Å². The number of hydrogen-bond donors (Lipinski definition) is 1. The summed E-state index contributed by atoms with van der Waals surface area (Å²) in [4.78, 5) is 24.7. The number of benzene rings is 1. The standard InChI is InChI=1S/C17H20ClN5O/c1-2-19-17(24)23-9-7-22(8-10-23)16-20-11-14(12-21-16)13-3-5-15(18)6-4-13/h3-6,11-12H,2,7-10H2,1H3,(H,19,24). The Hall–Kier alpha value is -2.34. The lowest BCUT2D eigenvalue weighted by Gasteiger charge is -2.34. The second-order valence-corrected chi connectivity index (χ2v) is 6.02. The van der Waals surface area contributed by atoms with Gasteiger partial charge in [0, 0.05) is 55.7 Å². The summed E-state index contributed by atoms with van der Waals surface area (Å²) in [5.74, 6) is 0.697. The summed E-state index contributed by atoms with van der Waals surface area (Å²) in [6.45, 7) is 5.38. The molecule has 0 saturated carbocycles. The third-order valence-corrected chi connectivity index (χ3v) is 4.25. The molecule has 1 aromatic carbocycles. The molecule has 0 spiro atoms. The number of carbonyl (C=O) groups is 1. The van der Waals surface area contributed by atoms with Gasteiger partial charge in [0.2, 0.25) is 5.95 Å². The van der Waals surface area contributed by atoms with Gasteiger partial charge in [0.1, 0.15) is 0 Å². The quantitative estimate of drug-likeness (QED) is 0.929. The molecule has 6 nitrogen and oxygen atoms in total. The minimum Gasteiger partial charge on any atom is -0.338 e. The largest absolute Gasteiger partial charge is 0.338 e. The van der Waals surface area contributed by atoms with Gasteiger partial charge < -0.3 is 15.1 Å². The molecule has 0 unspecified atom stereocenters. The molecule has 1 N–H and O–H groups in total. The van der Waals surface area contributed by atoms with E-state index in [1.54, 1.807) is 0 Å². The predicted molar refractivity (Wildman–Crippen MR) is 95.3 cm³/mol. The Morgan fingerprint density at radius 1 is 1.08 bits per heavy atom. The summed E-state index contributed by atoms with van der Waals surface area (Å²) in [5.41, 5.74) is 1.99. The smallest absolute Gasteiger partial charge is 0.317 e. The molecule has 2 amide bonds. The van der Waals surface area contributed by atoms with Gasteiger partial charge in [-0.1, -0.05) is 23.7 Å². The fraction of sp³-hybridized carbons (Fsp3) is 0.353. The lowest BCUT2D eigenvalue weighted by molar-refractivity contribution is 0.194. The van der Waals surface area contributed by atoms with Crippen LogP contribution in [0.15, 0.2) is 36.7 Å². The van der Waals surface area contributed by atoms with Crippen LogP contribution < -0.4 is 10.2 Å². The van der Waals surface area contributed by atoms with Gasteiger partial charge in [0.25, 0.3) is 0 Å². The molecule has 0 atom stereocenters. The van der Waals surface area contributed by atoms with Crippen LogP contribution in [0.25, 0.3) is 11.1 Å². The lowest BCUT2D eigenvalue weighted by Crippen LogP contribution is -2.52. The van der Waals surface area contributed by atoms with Crippen LogP contribution in [0, 0.1) is 0 Å². The summed E-state index contributed by atoms with van der Waals surface area (Å²) >= 11 is 5.91. The second kappa shape index (κ2) is 7.49. The Morgan fingerprint density at radius 2 is 1.71 bits per heavy atom. The van der Waals surface area contributed by atoms with Gasteiger partial charge in [-0.25, -0.2) is 14.8 Å². The van der Waals surface area contributed by atoms with Crippen molar-refractivity contribution in [3.05, 3.63) is 41.7 Å². The van der Waals surface area contributed by atoms with Gasteiger partial charge in [-0.3, -0.25) is 0 Å². The van der Waals surface area contributed by atoms with Crippen LogP contribution in [0.5, 0.6) is 0 Å². The Labute approximate surface area is 146 Å². The molecule has 0 bridgehead atoms. The molecule has 1 saturated heterocycles. The average molecular weight is 346 g/mol. The summed E-state index contributed by atoms with van der Waals surface area (Å²) in [6, 6.07) is 7.60. The normalized spacial score (nSPS) is 14.6. The molecular formula is C17H20ClN5O. The maximum absolute atomic E-state index is 11.8. The van der Waals surface area contributed by atoms with Crippen LogP contribution in [0.1, 0.15) is 6.92 Å². The first kappa shape index (κ1) is 16.5. The van der Waals surface area contributed by atoms with E-state index in [9.17, 15) is 4.79 Å². The number of anilines is 1. The number of amides is 2. The number of piperazine rings is 1. The first-order valence-corrected chi connectivity index (χ1v) is 8.41. The minimum absolute atomic E-state index is 0.00356. The molecule has 1 fully saturated rings. The van der Waals surface area contributed by atoms with Crippen molar-refractivity contribution >= 4 is 23.6 Å². The molecule has 7 heteroatoms. The molecule has 126 valence electrons. The molecule has 0 radical (unpaired) electrons. The Kier molecular flexibility index (Phi) is 5.15. The second-order valence-electron chi connectivity index (χ2n) is 5.59. The highest BCUT2D eigenvalue weighted by Crippen LogP contribution is 2.21. The van der Waals surface area contributed by atoms with Gasteiger partial charge in [-0.05, 0) is 24.6 Å². The number of urea groups is 1. The molecule has 1 aromatic heterocycles. The maximum Gasteiger partial charge on any atom is 0.317 e. The number of rotatable bonds is 3. The summed E-state index contributed by atoms with van der Waals surface area (Å²) in [7, 11) is 0. The predicted octanol–water partition coefficient (Wildman–Crippen LogP) is 2.65. The number of nitrogens with zero attached hydrogens (tertiary/aromatic N) is 4. The van der Waals surface area contributed by atoms with Crippen molar-refractivity contribution in [2.24, 2.45) is 0 Å². The third-order valence-electron chi connectivity index (χ3n) is 3.99. The van der Waals surface area contributed by atoms with Crippen LogP contribution in [0.2, 0.25) is 5.02 Å². The SMILES string of the molecule is CCNC(=O)N1CCN(c2ncc(-c3ccc(Cl)cc3)cn2)CC1. The van der Waals surface area contributed by atoms with Crippen molar-refractivity contribution in [3.8, 4) is 11.1 Å². The number of halogens is 1. The van der Waals surface area contributed by atoms with E-state index in [0.29, 0.717) is 30.6 Å². The van der Waals surface area contributed by atoms with Gasteiger partial charge in [-0.2, -0.15) is 0 Å². The first-order chi connectivity index (χ1) is 11.7. The van der Waals surface area contributed by atoms with Crippen molar-refractivity contribution in [1.82, 2.24) is 20.2 Å². The first-order valence-electron chi connectivity index (χ1n) is 8.03. The Bertz CT molecular complexity index is 681. The topological polar surface area (TPSA) is 61.4 Å². The summed E-state index contributed by atoms with van der Waals surface area (Å²) in [5, 5.41) is 3.54. The van der Waals surface area contributed by atoms with Crippen LogP contribution in [-0.2, 0) is 0 Å². The van der Waals surface area contributed by atoms with Crippen LogP contribution in [0.4, 0.5) is 10.7 Å². The zero-order chi connectivity index (χ0) is 16.9. The molecule has 2 aromatic rings. The van der Waals surface area contributed by atoms with E-state index in [1.807, 2.05) is 48.5 Å². The highest BCUT2D eigenvalue weighted by Gasteiger charge is 2.22. The molecule has 1 aliphatic rings. The fourth-order valence-electron chi connectivity index (χ4n) is 2.65. The summed E-state index contributed by atoms with van der Waals surface area (Å²) in [6.07, 6.45) is 3.64. The number of hydrogen-bond acceptors (Lipinski definition) is 4. The highest BCUT2D eigenvalue weighted by atomic mass is 35.5. The van der Waals surface area contributed by atoms with E-state index in [1.165, 1.54) is 0 Å². The molecule has 24 heavy (non-hydrogen) atoms. The van der Waals surface area contributed by atoms with E-state index >= 15 is 0 Å². The third kappa shape index (κ3) is 3.76. The molecule has 1 aliphatic heterocycles. The fourth-order valence-corrected chi connectivity index (χ4v) is 2.77. The number of nitrogens with one attached hydrogen (secondary N) is 1. The molecule has 3 rings (SSSR count). The molecular weight excluding hydrogens is 326 g/mol. The van der Waals surface area contributed by atoms with Crippen LogP contribution in [-0.4, -0.2) is 53.6 Å².